The van der Waals surface area contributed by atoms with Crippen LogP contribution < -0.4 is 15.8 Å². The highest BCUT2D eigenvalue weighted by Gasteiger charge is 2.09. The van der Waals surface area contributed by atoms with Gasteiger partial charge in [-0.05, 0) is 30.2 Å². The molecule has 0 radical (unpaired) electrons. The van der Waals surface area contributed by atoms with E-state index in [-0.39, 0.29) is 6.04 Å². The highest BCUT2D eigenvalue weighted by atomic mass is 16.5. The summed E-state index contributed by atoms with van der Waals surface area (Å²) in [6.45, 7) is 2.65. The lowest BCUT2D eigenvalue weighted by molar-refractivity contribution is 0.414. The highest BCUT2D eigenvalue weighted by molar-refractivity contribution is 5.51. The normalized spacial score (nSPS) is 11.9. The summed E-state index contributed by atoms with van der Waals surface area (Å²) in [5.74, 6) is 1.49. The number of hydrogen-bond acceptors (Lipinski definition) is 4. The molecule has 2 rings (SSSR count). The molecular formula is C15H19N3O. The van der Waals surface area contributed by atoms with Crippen molar-refractivity contribution in [2.24, 2.45) is 5.73 Å². The number of benzene rings is 1. The molecule has 1 heterocycles. The largest absolute Gasteiger partial charge is 0.493 e. The van der Waals surface area contributed by atoms with Gasteiger partial charge in [0.05, 0.1) is 13.2 Å². The fraction of sp³-hybridized carbons (Fsp3) is 0.267. The molecule has 19 heavy (non-hydrogen) atoms. The fourth-order valence-corrected chi connectivity index (χ4v) is 1.89. The third-order valence-corrected chi connectivity index (χ3v) is 3.06. The zero-order valence-corrected chi connectivity index (χ0v) is 11.3. The number of ether oxygens (including phenoxy) is 1. The van der Waals surface area contributed by atoms with Gasteiger partial charge in [-0.3, -0.25) is 0 Å². The molecule has 0 saturated heterocycles. The molecule has 1 aromatic heterocycles. The van der Waals surface area contributed by atoms with Crippen LogP contribution in [0.1, 0.15) is 24.1 Å². The zero-order chi connectivity index (χ0) is 13.7. The van der Waals surface area contributed by atoms with E-state index in [1.54, 1.807) is 13.3 Å². The first kappa shape index (κ1) is 13.4. The number of pyridine rings is 1. The highest BCUT2D eigenvalue weighted by Crippen LogP contribution is 2.25. The number of nitrogens with zero attached hydrogens (tertiary/aromatic N) is 1. The Kier molecular flexibility index (Phi) is 4.36. The van der Waals surface area contributed by atoms with Crippen LogP contribution >= 0.6 is 0 Å². The molecule has 1 aromatic carbocycles. The second-order valence-corrected chi connectivity index (χ2v) is 4.37. The Hall–Kier alpha value is -2.07. The van der Waals surface area contributed by atoms with E-state index in [2.05, 4.69) is 29.4 Å². The summed E-state index contributed by atoms with van der Waals surface area (Å²) in [6.07, 6.45) is 1.75. The topological polar surface area (TPSA) is 60.2 Å². The first-order valence-electron chi connectivity index (χ1n) is 6.29. The predicted octanol–water partition coefficient (Wildman–Crippen LogP) is 2.72. The smallest absolute Gasteiger partial charge is 0.169 e. The molecule has 100 valence electrons. The lowest BCUT2D eigenvalue weighted by Crippen LogP contribution is -2.09. The van der Waals surface area contributed by atoms with Gasteiger partial charge in [-0.15, -0.1) is 0 Å². The van der Waals surface area contributed by atoms with Crippen molar-refractivity contribution < 1.29 is 4.74 Å². The first-order chi connectivity index (χ1) is 9.24. The summed E-state index contributed by atoms with van der Waals surface area (Å²) in [4.78, 5) is 4.29. The molecule has 4 nitrogen and oxygen atoms in total. The Labute approximate surface area is 113 Å². The van der Waals surface area contributed by atoms with Gasteiger partial charge in [0.1, 0.15) is 0 Å². The van der Waals surface area contributed by atoms with E-state index in [0.717, 1.165) is 17.1 Å². The van der Waals surface area contributed by atoms with E-state index in [9.17, 15) is 0 Å². The van der Waals surface area contributed by atoms with Gasteiger partial charge < -0.3 is 15.8 Å². The third kappa shape index (κ3) is 3.23. The minimum Gasteiger partial charge on any atom is -0.493 e. The van der Waals surface area contributed by atoms with Gasteiger partial charge in [0.25, 0.3) is 0 Å². The average Bonchev–Trinajstić information content (AvgIpc) is 2.48. The summed E-state index contributed by atoms with van der Waals surface area (Å²) < 4.78 is 5.28. The van der Waals surface area contributed by atoms with Gasteiger partial charge in [0.2, 0.25) is 0 Å². The van der Waals surface area contributed by atoms with E-state index < -0.39 is 0 Å². The number of hydrogen-bond donors (Lipinski definition) is 2. The molecule has 4 heteroatoms. The molecule has 0 bridgehead atoms. The molecule has 0 fully saturated rings. The van der Waals surface area contributed by atoms with Crippen molar-refractivity contribution in [1.82, 2.24) is 4.98 Å². The monoisotopic (exact) mass is 257 g/mol. The standard InChI is InChI=1S/C15H19N3O/c1-11(13-7-5-12(10-16)6-8-13)18-15-14(19-2)4-3-9-17-15/h3-9,11H,10,16H2,1-2H3,(H,17,18). The summed E-state index contributed by atoms with van der Waals surface area (Å²) in [6, 6.07) is 12.1. The predicted molar refractivity (Wildman–Crippen MR) is 77.2 cm³/mol. The SMILES string of the molecule is COc1cccnc1NC(C)c1ccc(CN)cc1. The summed E-state index contributed by atoms with van der Waals surface area (Å²) in [5, 5.41) is 3.35. The van der Waals surface area contributed by atoms with Gasteiger partial charge >= 0.3 is 0 Å². The Morgan fingerprint density at radius 1 is 1.26 bits per heavy atom. The van der Waals surface area contributed by atoms with Crippen molar-refractivity contribution in [2.45, 2.75) is 19.5 Å². The second kappa shape index (κ2) is 6.20. The van der Waals surface area contributed by atoms with E-state index in [1.165, 1.54) is 5.56 Å². The molecule has 1 atom stereocenters. The van der Waals surface area contributed by atoms with Crippen LogP contribution in [-0.2, 0) is 6.54 Å². The molecule has 0 aliphatic heterocycles. The molecule has 1 unspecified atom stereocenters. The summed E-state index contributed by atoms with van der Waals surface area (Å²) in [5.41, 5.74) is 7.91. The lowest BCUT2D eigenvalue weighted by atomic mass is 10.1. The Morgan fingerprint density at radius 2 is 2.00 bits per heavy atom. The number of aromatic nitrogens is 1. The van der Waals surface area contributed by atoms with E-state index in [4.69, 9.17) is 10.5 Å². The Balaban J connectivity index is 2.13. The number of rotatable bonds is 5. The van der Waals surface area contributed by atoms with E-state index in [1.807, 2.05) is 24.3 Å². The Bertz CT molecular complexity index is 525. The molecule has 2 aromatic rings. The number of nitrogens with two attached hydrogens (primary N) is 1. The number of nitrogens with one attached hydrogen (secondary N) is 1. The van der Waals surface area contributed by atoms with Crippen LogP contribution in [0.4, 0.5) is 5.82 Å². The van der Waals surface area contributed by atoms with Crippen molar-refractivity contribution in [3.05, 3.63) is 53.7 Å². The quantitative estimate of drug-likeness (QED) is 0.864. The van der Waals surface area contributed by atoms with Crippen LogP contribution in [0.25, 0.3) is 0 Å². The van der Waals surface area contributed by atoms with Gasteiger partial charge in [-0.25, -0.2) is 4.98 Å². The maximum atomic E-state index is 5.60. The van der Waals surface area contributed by atoms with Crippen LogP contribution in [0.2, 0.25) is 0 Å². The minimum atomic E-state index is 0.149. The molecular weight excluding hydrogens is 238 g/mol. The van der Waals surface area contributed by atoms with Crippen molar-refractivity contribution >= 4 is 5.82 Å². The first-order valence-corrected chi connectivity index (χ1v) is 6.29. The van der Waals surface area contributed by atoms with E-state index in [0.29, 0.717) is 6.54 Å². The van der Waals surface area contributed by atoms with Crippen molar-refractivity contribution in [2.75, 3.05) is 12.4 Å². The zero-order valence-electron chi connectivity index (χ0n) is 11.3. The molecule has 3 N–H and O–H groups in total. The summed E-state index contributed by atoms with van der Waals surface area (Å²) in [7, 11) is 1.64. The molecule has 0 spiro atoms. The van der Waals surface area contributed by atoms with Crippen molar-refractivity contribution in [1.29, 1.82) is 0 Å². The van der Waals surface area contributed by atoms with Crippen LogP contribution in [0.3, 0.4) is 0 Å². The number of methoxy groups -OCH3 is 1. The molecule has 0 aliphatic rings. The average molecular weight is 257 g/mol. The van der Waals surface area contributed by atoms with E-state index >= 15 is 0 Å². The van der Waals surface area contributed by atoms with Gasteiger partial charge in [0.15, 0.2) is 11.6 Å². The molecule has 0 amide bonds. The van der Waals surface area contributed by atoms with Crippen LogP contribution in [0, 0.1) is 0 Å². The maximum absolute atomic E-state index is 5.60. The van der Waals surface area contributed by atoms with Crippen LogP contribution in [-0.4, -0.2) is 12.1 Å². The van der Waals surface area contributed by atoms with Gasteiger partial charge in [0, 0.05) is 12.7 Å². The molecule has 0 aliphatic carbocycles. The fourth-order valence-electron chi connectivity index (χ4n) is 1.89. The van der Waals surface area contributed by atoms with Crippen molar-refractivity contribution in [3.8, 4) is 5.75 Å². The second-order valence-electron chi connectivity index (χ2n) is 4.37. The minimum absolute atomic E-state index is 0.149. The Morgan fingerprint density at radius 3 is 2.63 bits per heavy atom. The molecule has 0 saturated carbocycles. The van der Waals surface area contributed by atoms with Gasteiger partial charge in [-0.2, -0.15) is 0 Å². The maximum Gasteiger partial charge on any atom is 0.169 e. The van der Waals surface area contributed by atoms with Crippen LogP contribution in [0.5, 0.6) is 5.75 Å². The summed E-state index contributed by atoms with van der Waals surface area (Å²) >= 11 is 0. The van der Waals surface area contributed by atoms with Crippen molar-refractivity contribution in [3.63, 3.8) is 0 Å². The lowest BCUT2D eigenvalue weighted by Gasteiger charge is -2.17. The third-order valence-electron chi connectivity index (χ3n) is 3.06. The van der Waals surface area contributed by atoms with Gasteiger partial charge in [-0.1, -0.05) is 24.3 Å². The van der Waals surface area contributed by atoms with Crippen LogP contribution in [0.15, 0.2) is 42.6 Å². The number of anilines is 1.